The number of nitrogens with one attached hydrogen (secondary N) is 1. The Bertz CT molecular complexity index is 606. The lowest BCUT2D eigenvalue weighted by Crippen LogP contribution is -2.22. The quantitative estimate of drug-likeness (QED) is 0.873. The summed E-state index contributed by atoms with van der Waals surface area (Å²) in [5.74, 6) is 0. The first-order valence-corrected chi connectivity index (χ1v) is 8.82. The Morgan fingerprint density at radius 3 is 2.32 bits per heavy atom. The summed E-state index contributed by atoms with van der Waals surface area (Å²) in [6, 6.07) is 0.884. The van der Waals surface area contributed by atoms with Crippen molar-refractivity contribution in [1.82, 2.24) is 20.1 Å². The summed E-state index contributed by atoms with van der Waals surface area (Å²) in [6.07, 6.45) is 4.07. The topological polar surface area (TPSA) is 42.7 Å². The summed E-state index contributed by atoms with van der Waals surface area (Å²) in [5, 5.41) is 11.4. The second-order valence-electron chi connectivity index (χ2n) is 7.28. The molecule has 0 aliphatic rings. The van der Waals surface area contributed by atoms with E-state index in [1.165, 1.54) is 11.3 Å². The molecular formula is C17H28N4S. The Kier molecular flexibility index (Phi) is 5.07. The standard InChI is InChI=1S/C17H28N4S/c1-11(2)21-9-14(8-18-21)12(3)19-13(4)16-20-15(10-22-16)17(5,6)7/h8-13,19H,1-7H3/t12-,13-/m1/s1. The zero-order valence-corrected chi connectivity index (χ0v) is 15.5. The lowest BCUT2D eigenvalue weighted by molar-refractivity contribution is 0.486. The summed E-state index contributed by atoms with van der Waals surface area (Å²) in [6.45, 7) is 15.2. The van der Waals surface area contributed by atoms with Crippen LogP contribution in [0.2, 0.25) is 0 Å². The molecule has 0 amide bonds. The van der Waals surface area contributed by atoms with E-state index in [4.69, 9.17) is 4.98 Å². The van der Waals surface area contributed by atoms with Gasteiger partial charge in [0, 0.05) is 34.6 Å². The normalized spacial score (nSPS) is 15.3. The van der Waals surface area contributed by atoms with E-state index in [0.717, 1.165) is 5.01 Å². The lowest BCUT2D eigenvalue weighted by Gasteiger charge is -2.18. The van der Waals surface area contributed by atoms with E-state index in [1.807, 2.05) is 10.9 Å². The van der Waals surface area contributed by atoms with Crippen molar-refractivity contribution in [3.63, 3.8) is 0 Å². The van der Waals surface area contributed by atoms with Crippen LogP contribution in [-0.2, 0) is 5.41 Å². The fourth-order valence-electron chi connectivity index (χ4n) is 2.23. The molecule has 4 nitrogen and oxygen atoms in total. The summed E-state index contributed by atoms with van der Waals surface area (Å²) in [4.78, 5) is 4.80. The molecule has 0 saturated heterocycles. The Morgan fingerprint density at radius 2 is 1.82 bits per heavy atom. The average Bonchev–Trinajstić information content (AvgIpc) is 3.07. The van der Waals surface area contributed by atoms with Gasteiger partial charge >= 0.3 is 0 Å². The smallest absolute Gasteiger partial charge is 0.110 e. The van der Waals surface area contributed by atoms with Crippen LogP contribution in [0.3, 0.4) is 0 Å². The molecular weight excluding hydrogens is 292 g/mol. The number of hydrogen-bond acceptors (Lipinski definition) is 4. The van der Waals surface area contributed by atoms with E-state index in [9.17, 15) is 0 Å². The zero-order chi connectivity index (χ0) is 16.5. The maximum Gasteiger partial charge on any atom is 0.110 e. The van der Waals surface area contributed by atoms with Gasteiger partial charge in [0.2, 0.25) is 0 Å². The number of aromatic nitrogens is 3. The fourth-order valence-corrected chi connectivity index (χ4v) is 3.29. The lowest BCUT2D eigenvalue weighted by atomic mass is 9.93. The molecule has 2 aromatic rings. The molecule has 2 aromatic heterocycles. The number of hydrogen-bond donors (Lipinski definition) is 1. The highest BCUT2D eigenvalue weighted by Gasteiger charge is 2.20. The van der Waals surface area contributed by atoms with Crippen molar-refractivity contribution in [1.29, 1.82) is 0 Å². The van der Waals surface area contributed by atoms with Gasteiger partial charge in [-0.1, -0.05) is 20.8 Å². The molecule has 2 heterocycles. The van der Waals surface area contributed by atoms with Crippen LogP contribution in [-0.4, -0.2) is 14.8 Å². The highest BCUT2D eigenvalue weighted by atomic mass is 32.1. The molecule has 5 heteroatoms. The van der Waals surface area contributed by atoms with Crippen molar-refractivity contribution in [2.75, 3.05) is 0 Å². The maximum atomic E-state index is 4.80. The van der Waals surface area contributed by atoms with Crippen LogP contribution in [0.15, 0.2) is 17.8 Å². The number of nitrogens with zero attached hydrogens (tertiary/aromatic N) is 3. The molecule has 22 heavy (non-hydrogen) atoms. The summed E-state index contributed by atoms with van der Waals surface area (Å²) >= 11 is 1.74. The van der Waals surface area contributed by atoms with E-state index < -0.39 is 0 Å². The van der Waals surface area contributed by atoms with E-state index >= 15 is 0 Å². The van der Waals surface area contributed by atoms with Crippen molar-refractivity contribution >= 4 is 11.3 Å². The van der Waals surface area contributed by atoms with Crippen LogP contribution < -0.4 is 5.32 Å². The van der Waals surface area contributed by atoms with Crippen molar-refractivity contribution in [3.8, 4) is 0 Å². The first-order valence-electron chi connectivity index (χ1n) is 7.94. The molecule has 0 unspecified atom stereocenters. The largest absolute Gasteiger partial charge is 0.301 e. The van der Waals surface area contributed by atoms with Gasteiger partial charge in [0.15, 0.2) is 0 Å². The predicted molar refractivity (Wildman–Crippen MR) is 93.4 cm³/mol. The van der Waals surface area contributed by atoms with Gasteiger partial charge in [0.1, 0.15) is 5.01 Å². The van der Waals surface area contributed by atoms with Crippen LogP contribution in [0.5, 0.6) is 0 Å². The third-order valence-electron chi connectivity index (χ3n) is 3.81. The van der Waals surface area contributed by atoms with Gasteiger partial charge in [0.05, 0.1) is 17.9 Å². The first kappa shape index (κ1) is 17.2. The summed E-state index contributed by atoms with van der Waals surface area (Å²) in [7, 11) is 0. The maximum absolute atomic E-state index is 4.80. The molecule has 0 fully saturated rings. The Morgan fingerprint density at radius 1 is 1.14 bits per heavy atom. The number of thiazole rings is 1. The van der Waals surface area contributed by atoms with Crippen LogP contribution in [0.25, 0.3) is 0 Å². The van der Waals surface area contributed by atoms with Crippen LogP contribution in [0, 0.1) is 0 Å². The Hall–Kier alpha value is -1.20. The van der Waals surface area contributed by atoms with Gasteiger partial charge in [0.25, 0.3) is 0 Å². The molecule has 0 aliphatic heterocycles. The molecule has 1 N–H and O–H groups in total. The van der Waals surface area contributed by atoms with Crippen LogP contribution >= 0.6 is 11.3 Å². The first-order chi connectivity index (χ1) is 10.2. The third-order valence-corrected chi connectivity index (χ3v) is 4.84. The van der Waals surface area contributed by atoms with Gasteiger partial charge in [-0.25, -0.2) is 4.98 Å². The molecule has 2 atom stereocenters. The molecule has 122 valence electrons. The molecule has 0 radical (unpaired) electrons. The van der Waals surface area contributed by atoms with Gasteiger partial charge in [-0.05, 0) is 27.7 Å². The van der Waals surface area contributed by atoms with E-state index in [1.54, 1.807) is 11.3 Å². The highest BCUT2D eigenvalue weighted by molar-refractivity contribution is 7.09. The van der Waals surface area contributed by atoms with E-state index in [2.05, 4.69) is 70.5 Å². The average molecular weight is 321 g/mol. The third kappa shape index (κ3) is 3.96. The SMILES string of the molecule is CC(C)n1cc([C@@H](C)N[C@H](C)c2nc(C(C)(C)C)cs2)cn1. The Balaban J connectivity index is 2.04. The minimum absolute atomic E-state index is 0.110. The number of rotatable bonds is 5. The summed E-state index contributed by atoms with van der Waals surface area (Å²) in [5.41, 5.74) is 2.49. The monoisotopic (exact) mass is 320 g/mol. The minimum atomic E-state index is 0.110. The van der Waals surface area contributed by atoms with Gasteiger partial charge < -0.3 is 5.32 Å². The summed E-state index contributed by atoms with van der Waals surface area (Å²) < 4.78 is 2.00. The fraction of sp³-hybridized carbons (Fsp3) is 0.647. The van der Waals surface area contributed by atoms with Gasteiger partial charge in [-0.3, -0.25) is 4.68 Å². The Labute approximate surface area is 138 Å². The predicted octanol–water partition coefficient (Wildman–Crippen LogP) is 4.63. The van der Waals surface area contributed by atoms with Crippen molar-refractivity contribution in [2.24, 2.45) is 0 Å². The second-order valence-corrected chi connectivity index (χ2v) is 8.17. The van der Waals surface area contributed by atoms with Crippen molar-refractivity contribution in [3.05, 3.63) is 34.0 Å². The zero-order valence-electron chi connectivity index (χ0n) is 14.7. The van der Waals surface area contributed by atoms with Crippen LogP contribution in [0.4, 0.5) is 0 Å². The second kappa shape index (κ2) is 6.50. The molecule has 0 spiro atoms. The molecule has 0 saturated carbocycles. The van der Waals surface area contributed by atoms with Crippen molar-refractivity contribution in [2.45, 2.75) is 72.0 Å². The van der Waals surface area contributed by atoms with Gasteiger partial charge in [-0.2, -0.15) is 5.10 Å². The van der Waals surface area contributed by atoms with Gasteiger partial charge in [-0.15, -0.1) is 11.3 Å². The minimum Gasteiger partial charge on any atom is -0.301 e. The molecule has 0 bridgehead atoms. The van der Waals surface area contributed by atoms with E-state index in [-0.39, 0.29) is 17.5 Å². The molecule has 0 aromatic carbocycles. The van der Waals surface area contributed by atoms with Crippen molar-refractivity contribution < 1.29 is 0 Å². The molecule has 0 aliphatic carbocycles. The molecule has 2 rings (SSSR count). The highest BCUT2D eigenvalue weighted by Crippen LogP contribution is 2.28. The van der Waals surface area contributed by atoms with E-state index in [0.29, 0.717) is 6.04 Å². The van der Waals surface area contributed by atoms with Crippen LogP contribution in [0.1, 0.15) is 82.9 Å².